The molecule has 0 aliphatic rings. The lowest BCUT2D eigenvalue weighted by Crippen LogP contribution is -2.12. The van der Waals surface area contributed by atoms with Gasteiger partial charge >= 0.3 is 0 Å². The Labute approximate surface area is 70.1 Å². The van der Waals surface area contributed by atoms with Crippen LogP contribution in [0.2, 0.25) is 0 Å². The topological polar surface area (TPSA) is 87.9 Å². The van der Waals surface area contributed by atoms with E-state index in [1.54, 1.807) is 11.5 Å². The summed E-state index contributed by atoms with van der Waals surface area (Å²) in [5.74, 6) is 0.304. The third kappa shape index (κ3) is 1.54. The molecule has 0 saturated carbocycles. The zero-order valence-corrected chi connectivity index (χ0v) is 6.73. The number of nitriles is 1. The van der Waals surface area contributed by atoms with Crippen LogP contribution in [0.25, 0.3) is 0 Å². The van der Waals surface area contributed by atoms with Gasteiger partial charge in [-0.1, -0.05) is 0 Å². The minimum Gasteiger partial charge on any atom is -0.392 e. The average Bonchev–Trinajstić information content (AvgIpc) is 2.32. The highest BCUT2D eigenvalue weighted by Crippen LogP contribution is 2.08. The van der Waals surface area contributed by atoms with E-state index < -0.39 is 6.10 Å². The van der Waals surface area contributed by atoms with Crippen LogP contribution in [0.5, 0.6) is 0 Å². The van der Waals surface area contributed by atoms with E-state index in [4.69, 9.17) is 16.1 Å². The molecule has 0 amide bonds. The predicted octanol–water partition coefficient (Wildman–Crippen LogP) is -0.282. The second-order valence-electron chi connectivity index (χ2n) is 2.59. The first-order valence-corrected chi connectivity index (χ1v) is 3.54. The third-order valence-corrected chi connectivity index (χ3v) is 1.45. The maximum absolute atomic E-state index is 9.03. The summed E-state index contributed by atoms with van der Waals surface area (Å²) in [5.41, 5.74) is 5.73. The number of anilines is 1. The summed E-state index contributed by atoms with van der Waals surface area (Å²) in [7, 11) is 0. The van der Waals surface area contributed by atoms with Gasteiger partial charge in [0.05, 0.1) is 19.0 Å². The van der Waals surface area contributed by atoms with Gasteiger partial charge in [-0.05, 0) is 6.92 Å². The number of aromatic nitrogens is 2. The van der Waals surface area contributed by atoms with Crippen molar-refractivity contribution in [1.82, 2.24) is 9.55 Å². The van der Waals surface area contributed by atoms with Crippen LogP contribution in [0.3, 0.4) is 0 Å². The lowest BCUT2D eigenvalue weighted by atomic mass is 10.4. The maximum atomic E-state index is 9.03. The summed E-state index contributed by atoms with van der Waals surface area (Å²) < 4.78 is 1.54. The minimum atomic E-state index is -0.493. The Morgan fingerprint density at radius 1 is 1.92 bits per heavy atom. The van der Waals surface area contributed by atoms with Gasteiger partial charge in [0.25, 0.3) is 0 Å². The standard InChI is InChI=1S/C7H10N4O/c1-5(12)3-11-4-10-6(2-8)7(11)9/h4-5,12H,3,9H2,1H3/t5-/m1/s1. The Morgan fingerprint density at radius 3 is 3.00 bits per heavy atom. The molecule has 1 heterocycles. The van der Waals surface area contributed by atoms with Gasteiger partial charge in [0.1, 0.15) is 11.9 Å². The van der Waals surface area contributed by atoms with Crippen molar-refractivity contribution >= 4 is 5.82 Å². The summed E-state index contributed by atoms with van der Waals surface area (Å²) in [4.78, 5) is 3.75. The number of imidazole rings is 1. The molecule has 0 unspecified atom stereocenters. The maximum Gasteiger partial charge on any atom is 0.182 e. The molecule has 0 bridgehead atoms. The van der Waals surface area contributed by atoms with Crippen molar-refractivity contribution in [3.63, 3.8) is 0 Å². The fraction of sp³-hybridized carbons (Fsp3) is 0.429. The lowest BCUT2D eigenvalue weighted by Gasteiger charge is -2.05. The van der Waals surface area contributed by atoms with Crippen molar-refractivity contribution < 1.29 is 5.11 Å². The van der Waals surface area contributed by atoms with Crippen LogP contribution in [0.1, 0.15) is 12.6 Å². The number of nitrogen functional groups attached to an aromatic ring is 1. The molecule has 5 heteroatoms. The molecule has 1 aromatic rings. The highest BCUT2D eigenvalue weighted by molar-refractivity contribution is 5.44. The van der Waals surface area contributed by atoms with Crippen LogP contribution < -0.4 is 5.73 Å². The number of nitrogens with two attached hydrogens (primary N) is 1. The van der Waals surface area contributed by atoms with Crippen molar-refractivity contribution in [1.29, 1.82) is 5.26 Å². The molecule has 0 aromatic carbocycles. The van der Waals surface area contributed by atoms with Gasteiger partial charge in [0.2, 0.25) is 0 Å². The SMILES string of the molecule is C[C@@H](O)Cn1cnc(C#N)c1N. The fourth-order valence-corrected chi connectivity index (χ4v) is 0.908. The quantitative estimate of drug-likeness (QED) is 0.632. The first-order chi connectivity index (χ1) is 5.65. The first-order valence-electron chi connectivity index (χ1n) is 3.54. The number of aliphatic hydroxyl groups is 1. The first kappa shape index (κ1) is 8.56. The van der Waals surface area contributed by atoms with E-state index in [9.17, 15) is 0 Å². The Hall–Kier alpha value is -1.54. The van der Waals surface area contributed by atoms with Crippen molar-refractivity contribution in [3.05, 3.63) is 12.0 Å². The third-order valence-electron chi connectivity index (χ3n) is 1.45. The lowest BCUT2D eigenvalue weighted by molar-refractivity contribution is 0.174. The Balaban J connectivity index is 2.89. The Bertz CT molecular complexity index is 310. The van der Waals surface area contributed by atoms with E-state index in [1.165, 1.54) is 6.33 Å². The summed E-state index contributed by atoms with van der Waals surface area (Å²) >= 11 is 0. The van der Waals surface area contributed by atoms with Crippen molar-refractivity contribution in [3.8, 4) is 6.07 Å². The van der Waals surface area contributed by atoms with Crippen molar-refractivity contribution in [2.45, 2.75) is 19.6 Å². The number of nitrogens with zero attached hydrogens (tertiary/aromatic N) is 3. The smallest absolute Gasteiger partial charge is 0.182 e. The molecule has 3 N–H and O–H groups in total. The zero-order valence-electron chi connectivity index (χ0n) is 6.73. The normalized spacial score (nSPS) is 12.4. The summed E-state index contributed by atoms with van der Waals surface area (Å²) in [6, 6.07) is 1.85. The number of rotatable bonds is 2. The van der Waals surface area contributed by atoms with Gasteiger partial charge in [-0.2, -0.15) is 5.26 Å². The van der Waals surface area contributed by atoms with Crippen LogP contribution in [0.4, 0.5) is 5.82 Å². The van der Waals surface area contributed by atoms with Gasteiger partial charge in [-0.3, -0.25) is 0 Å². The average molecular weight is 166 g/mol. The molecule has 0 spiro atoms. The summed E-state index contributed by atoms with van der Waals surface area (Å²) in [5, 5.41) is 17.5. The van der Waals surface area contributed by atoms with Crippen molar-refractivity contribution in [2.75, 3.05) is 5.73 Å². The molecular formula is C7H10N4O. The van der Waals surface area contributed by atoms with E-state index >= 15 is 0 Å². The molecule has 12 heavy (non-hydrogen) atoms. The molecule has 0 fully saturated rings. The molecule has 1 aromatic heterocycles. The van der Waals surface area contributed by atoms with Crippen LogP contribution in [-0.2, 0) is 6.54 Å². The van der Waals surface area contributed by atoms with E-state index in [2.05, 4.69) is 4.98 Å². The van der Waals surface area contributed by atoms with E-state index in [-0.39, 0.29) is 5.69 Å². The van der Waals surface area contributed by atoms with Gasteiger partial charge in [0.15, 0.2) is 5.69 Å². The molecule has 64 valence electrons. The molecule has 0 saturated heterocycles. The highest BCUT2D eigenvalue weighted by atomic mass is 16.3. The van der Waals surface area contributed by atoms with E-state index in [0.717, 1.165) is 0 Å². The van der Waals surface area contributed by atoms with Gasteiger partial charge in [-0.25, -0.2) is 4.98 Å². The molecule has 5 nitrogen and oxygen atoms in total. The summed E-state index contributed by atoms with van der Waals surface area (Å²) in [6.07, 6.45) is 0.952. The minimum absolute atomic E-state index is 0.204. The fourth-order valence-electron chi connectivity index (χ4n) is 0.908. The highest BCUT2D eigenvalue weighted by Gasteiger charge is 2.07. The molecule has 1 rings (SSSR count). The summed E-state index contributed by atoms with van der Waals surface area (Å²) in [6.45, 7) is 2.01. The molecule has 1 atom stereocenters. The largest absolute Gasteiger partial charge is 0.392 e. The van der Waals surface area contributed by atoms with Crippen molar-refractivity contribution in [2.24, 2.45) is 0 Å². The van der Waals surface area contributed by atoms with E-state index in [1.807, 2.05) is 6.07 Å². The van der Waals surface area contributed by atoms with Crippen LogP contribution >= 0.6 is 0 Å². The number of hydrogen-bond donors (Lipinski definition) is 2. The van der Waals surface area contributed by atoms with E-state index in [0.29, 0.717) is 12.4 Å². The second-order valence-corrected chi connectivity index (χ2v) is 2.59. The Kier molecular flexibility index (Phi) is 2.31. The number of aliphatic hydroxyl groups excluding tert-OH is 1. The van der Waals surface area contributed by atoms with Gasteiger partial charge in [-0.15, -0.1) is 0 Å². The van der Waals surface area contributed by atoms with Gasteiger partial charge in [0, 0.05) is 0 Å². The predicted molar refractivity (Wildman–Crippen MR) is 43.0 cm³/mol. The van der Waals surface area contributed by atoms with Gasteiger partial charge < -0.3 is 15.4 Å². The molecule has 0 radical (unpaired) electrons. The Morgan fingerprint density at radius 2 is 2.58 bits per heavy atom. The molecule has 0 aliphatic carbocycles. The molecular weight excluding hydrogens is 156 g/mol. The zero-order chi connectivity index (χ0) is 9.14. The monoisotopic (exact) mass is 166 g/mol. The molecule has 0 aliphatic heterocycles. The second kappa shape index (κ2) is 3.24. The van der Waals surface area contributed by atoms with Crippen LogP contribution in [0.15, 0.2) is 6.33 Å². The number of hydrogen-bond acceptors (Lipinski definition) is 4. The van der Waals surface area contributed by atoms with Crippen LogP contribution in [-0.4, -0.2) is 20.8 Å². The van der Waals surface area contributed by atoms with Crippen LogP contribution in [0, 0.1) is 11.3 Å².